The van der Waals surface area contributed by atoms with Gasteiger partial charge >= 0.3 is 0 Å². The maximum atomic E-state index is 13.1. The summed E-state index contributed by atoms with van der Waals surface area (Å²) in [4.78, 5) is 13.0. The van der Waals surface area contributed by atoms with E-state index in [1.807, 2.05) is 31.2 Å². The second kappa shape index (κ2) is 4.59. The van der Waals surface area contributed by atoms with Crippen LogP contribution in [0.25, 0.3) is 10.1 Å². The topological polar surface area (TPSA) is 17.1 Å². The van der Waals surface area contributed by atoms with Crippen molar-refractivity contribution in [3.8, 4) is 0 Å². The molecule has 1 nitrogen and oxygen atoms in total. The fourth-order valence-corrected chi connectivity index (χ4v) is 3.10. The Labute approximate surface area is 114 Å². The van der Waals surface area contributed by atoms with Crippen LogP contribution in [0.2, 0.25) is 0 Å². The van der Waals surface area contributed by atoms with Gasteiger partial charge in [0.05, 0.1) is 4.88 Å². The third kappa shape index (κ3) is 2.29. The van der Waals surface area contributed by atoms with Gasteiger partial charge in [0.2, 0.25) is 5.78 Å². The fraction of sp³-hybridized carbons (Fsp3) is 0.0625. The summed E-state index contributed by atoms with van der Waals surface area (Å²) in [6.07, 6.45) is 0. The SMILES string of the molecule is Cc1cccc(C(=O)c2cc3ccc(F)cc3s2)c1. The van der Waals surface area contributed by atoms with E-state index in [2.05, 4.69) is 0 Å². The average molecular weight is 270 g/mol. The van der Waals surface area contributed by atoms with Crippen LogP contribution in [-0.4, -0.2) is 5.78 Å². The van der Waals surface area contributed by atoms with Crippen LogP contribution in [-0.2, 0) is 0 Å². The molecule has 0 aliphatic heterocycles. The fourth-order valence-electron chi connectivity index (χ4n) is 2.05. The molecule has 1 aromatic heterocycles. The Morgan fingerprint density at radius 3 is 2.74 bits per heavy atom. The van der Waals surface area contributed by atoms with Crippen molar-refractivity contribution in [1.82, 2.24) is 0 Å². The van der Waals surface area contributed by atoms with E-state index in [0.29, 0.717) is 10.4 Å². The smallest absolute Gasteiger partial charge is 0.202 e. The monoisotopic (exact) mass is 270 g/mol. The minimum absolute atomic E-state index is 0.00897. The van der Waals surface area contributed by atoms with Crippen molar-refractivity contribution >= 4 is 27.2 Å². The van der Waals surface area contributed by atoms with Gasteiger partial charge in [-0.25, -0.2) is 4.39 Å². The van der Waals surface area contributed by atoms with Gasteiger partial charge < -0.3 is 0 Å². The molecule has 0 fully saturated rings. The first-order chi connectivity index (χ1) is 9.13. The molecule has 0 unspecified atom stereocenters. The van der Waals surface area contributed by atoms with Gasteiger partial charge in [-0.05, 0) is 36.6 Å². The summed E-state index contributed by atoms with van der Waals surface area (Å²) in [6.45, 7) is 1.96. The normalized spacial score (nSPS) is 10.8. The number of carbonyl (C=O) groups excluding carboxylic acids is 1. The predicted octanol–water partition coefficient (Wildman–Crippen LogP) is 4.58. The van der Waals surface area contributed by atoms with Crippen molar-refractivity contribution in [2.24, 2.45) is 0 Å². The van der Waals surface area contributed by atoms with E-state index in [1.165, 1.54) is 23.5 Å². The Hall–Kier alpha value is -2.00. The molecule has 0 atom stereocenters. The zero-order valence-electron chi connectivity index (χ0n) is 10.3. The quantitative estimate of drug-likeness (QED) is 0.623. The van der Waals surface area contributed by atoms with Gasteiger partial charge in [0.15, 0.2) is 0 Å². The summed E-state index contributed by atoms with van der Waals surface area (Å²) in [5.74, 6) is -0.283. The summed E-state index contributed by atoms with van der Waals surface area (Å²) in [6, 6.07) is 13.9. The summed E-state index contributed by atoms with van der Waals surface area (Å²) in [5.41, 5.74) is 1.73. The zero-order chi connectivity index (χ0) is 13.4. The molecule has 19 heavy (non-hydrogen) atoms. The van der Waals surface area contributed by atoms with Crippen LogP contribution in [0.15, 0.2) is 48.5 Å². The second-order valence-electron chi connectivity index (χ2n) is 4.49. The molecule has 0 radical (unpaired) electrons. The molecule has 2 aromatic carbocycles. The van der Waals surface area contributed by atoms with Gasteiger partial charge in [0.1, 0.15) is 5.82 Å². The average Bonchev–Trinajstić information content (AvgIpc) is 2.80. The van der Waals surface area contributed by atoms with E-state index in [-0.39, 0.29) is 11.6 Å². The van der Waals surface area contributed by atoms with E-state index < -0.39 is 0 Å². The Morgan fingerprint density at radius 2 is 1.95 bits per heavy atom. The number of benzene rings is 2. The van der Waals surface area contributed by atoms with Gasteiger partial charge in [-0.1, -0.05) is 29.8 Å². The van der Waals surface area contributed by atoms with E-state index in [1.54, 1.807) is 12.1 Å². The molecular formula is C16H11FOS. The van der Waals surface area contributed by atoms with Crippen molar-refractivity contribution in [3.05, 3.63) is 70.4 Å². The third-order valence-corrected chi connectivity index (χ3v) is 4.08. The van der Waals surface area contributed by atoms with Gasteiger partial charge in [-0.3, -0.25) is 4.79 Å². The lowest BCUT2D eigenvalue weighted by Gasteiger charge is -1.98. The Kier molecular flexibility index (Phi) is 2.91. The first-order valence-corrected chi connectivity index (χ1v) is 6.75. The lowest BCUT2D eigenvalue weighted by atomic mass is 10.1. The third-order valence-electron chi connectivity index (χ3n) is 2.99. The highest BCUT2D eigenvalue weighted by molar-refractivity contribution is 7.21. The molecule has 0 N–H and O–H groups in total. The molecule has 0 saturated carbocycles. The lowest BCUT2D eigenvalue weighted by Crippen LogP contribution is -1.98. The Bertz CT molecular complexity index is 773. The number of halogens is 1. The van der Waals surface area contributed by atoms with Crippen molar-refractivity contribution in [1.29, 1.82) is 0 Å². The van der Waals surface area contributed by atoms with Crippen molar-refractivity contribution in [3.63, 3.8) is 0 Å². The molecule has 3 aromatic rings. The number of aryl methyl sites for hydroxylation is 1. The predicted molar refractivity (Wildman–Crippen MR) is 76.4 cm³/mol. The number of ketones is 1. The molecular weight excluding hydrogens is 259 g/mol. The number of hydrogen-bond acceptors (Lipinski definition) is 2. The molecule has 0 bridgehead atoms. The van der Waals surface area contributed by atoms with E-state index in [0.717, 1.165) is 15.6 Å². The van der Waals surface area contributed by atoms with Crippen LogP contribution in [0.4, 0.5) is 4.39 Å². The maximum absolute atomic E-state index is 13.1. The van der Waals surface area contributed by atoms with Crippen LogP contribution in [0.3, 0.4) is 0 Å². The van der Waals surface area contributed by atoms with Crippen LogP contribution in [0.5, 0.6) is 0 Å². The van der Waals surface area contributed by atoms with E-state index >= 15 is 0 Å². The number of rotatable bonds is 2. The van der Waals surface area contributed by atoms with Gasteiger partial charge in [-0.2, -0.15) is 0 Å². The van der Waals surface area contributed by atoms with Gasteiger partial charge in [-0.15, -0.1) is 11.3 Å². The zero-order valence-corrected chi connectivity index (χ0v) is 11.1. The van der Waals surface area contributed by atoms with E-state index in [4.69, 9.17) is 0 Å². The summed E-state index contributed by atoms with van der Waals surface area (Å²) < 4.78 is 13.9. The minimum Gasteiger partial charge on any atom is -0.288 e. The first kappa shape index (κ1) is 12.1. The molecule has 3 heteroatoms. The Balaban J connectivity index is 2.06. The minimum atomic E-state index is -0.274. The number of carbonyl (C=O) groups is 1. The highest BCUT2D eigenvalue weighted by atomic mass is 32.1. The van der Waals surface area contributed by atoms with Crippen LogP contribution >= 0.6 is 11.3 Å². The highest BCUT2D eigenvalue weighted by Gasteiger charge is 2.13. The maximum Gasteiger partial charge on any atom is 0.202 e. The van der Waals surface area contributed by atoms with Crippen LogP contribution in [0.1, 0.15) is 20.8 Å². The van der Waals surface area contributed by atoms with Crippen molar-refractivity contribution in [2.75, 3.05) is 0 Å². The van der Waals surface area contributed by atoms with Crippen molar-refractivity contribution in [2.45, 2.75) is 6.92 Å². The molecule has 1 heterocycles. The molecule has 0 amide bonds. The summed E-state index contributed by atoms with van der Waals surface area (Å²) in [5, 5.41) is 0.905. The second-order valence-corrected chi connectivity index (χ2v) is 5.58. The van der Waals surface area contributed by atoms with Gasteiger partial charge in [0.25, 0.3) is 0 Å². The summed E-state index contributed by atoms with van der Waals surface area (Å²) in [7, 11) is 0. The molecule has 0 spiro atoms. The number of fused-ring (bicyclic) bond motifs is 1. The molecule has 0 aliphatic carbocycles. The lowest BCUT2D eigenvalue weighted by molar-refractivity contribution is 0.104. The number of thiophene rings is 1. The molecule has 0 aliphatic rings. The van der Waals surface area contributed by atoms with E-state index in [9.17, 15) is 9.18 Å². The van der Waals surface area contributed by atoms with Crippen molar-refractivity contribution < 1.29 is 9.18 Å². The Morgan fingerprint density at radius 1 is 1.11 bits per heavy atom. The van der Waals surface area contributed by atoms with Crippen LogP contribution < -0.4 is 0 Å². The highest BCUT2D eigenvalue weighted by Crippen LogP contribution is 2.28. The first-order valence-electron chi connectivity index (χ1n) is 5.94. The standard InChI is InChI=1S/C16H11FOS/c1-10-3-2-4-12(7-10)16(18)15-8-11-5-6-13(17)9-14(11)19-15/h2-9H,1H3. The molecule has 3 rings (SSSR count). The number of hydrogen-bond donors (Lipinski definition) is 0. The van der Waals surface area contributed by atoms with Crippen LogP contribution in [0, 0.1) is 12.7 Å². The molecule has 0 saturated heterocycles. The summed E-state index contributed by atoms with van der Waals surface area (Å²) >= 11 is 1.33. The molecule has 94 valence electrons. The largest absolute Gasteiger partial charge is 0.288 e. The van der Waals surface area contributed by atoms with Gasteiger partial charge in [0, 0.05) is 10.3 Å².